The summed E-state index contributed by atoms with van der Waals surface area (Å²) in [6, 6.07) is 4.48. The van der Waals surface area contributed by atoms with Crippen molar-refractivity contribution in [2.24, 2.45) is 0 Å². The summed E-state index contributed by atoms with van der Waals surface area (Å²) in [6.07, 6.45) is 10.0. The minimum absolute atomic E-state index is 0.446. The van der Waals surface area contributed by atoms with Gasteiger partial charge in [-0.3, -0.25) is 0 Å². The summed E-state index contributed by atoms with van der Waals surface area (Å²) in [6.45, 7) is 1.96. The fourth-order valence-corrected chi connectivity index (χ4v) is 3.55. The maximum absolute atomic E-state index is 4.68. The molecule has 2 N–H and O–H groups in total. The fraction of sp³-hybridized carbons (Fsp3) is 0.444. The monoisotopic (exact) mass is 335 g/mol. The first-order chi connectivity index (χ1) is 12.4. The Morgan fingerprint density at radius 2 is 1.92 bits per heavy atom. The molecule has 7 nitrogen and oxygen atoms in total. The maximum atomic E-state index is 4.68. The molecule has 7 heteroatoms. The molecule has 0 unspecified atom stereocenters. The second-order valence-corrected chi connectivity index (χ2v) is 6.92. The van der Waals surface area contributed by atoms with Crippen molar-refractivity contribution in [1.82, 2.24) is 24.9 Å². The Bertz CT molecular complexity index is 878. The Morgan fingerprint density at radius 3 is 2.76 bits per heavy atom. The third kappa shape index (κ3) is 2.90. The molecular formula is C18H21N7. The lowest BCUT2D eigenvalue weighted by molar-refractivity contribution is 0.523. The predicted octanol–water partition coefficient (Wildman–Crippen LogP) is 2.71. The molecule has 0 radical (unpaired) electrons. The molecular weight excluding hydrogens is 314 g/mol. The van der Waals surface area contributed by atoms with E-state index in [0.29, 0.717) is 12.0 Å². The van der Waals surface area contributed by atoms with Crippen LogP contribution >= 0.6 is 0 Å². The third-order valence-electron chi connectivity index (χ3n) is 5.10. The van der Waals surface area contributed by atoms with Gasteiger partial charge in [-0.15, -0.1) is 0 Å². The Morgan fingerprint density at radius 1 is 1.04 bits per heavy atom. The van der Waals surface area contributed by atoms with Gasteiger partial charge in [-0.1, -0.05) is 0 Å². The van der Waals surface area contributed by atoms with Crippen LogP contribution in [0.25, 0.3) is 11.0 Å². The second kappa shape index (κ2) is 5.98. The smallest absolute Gasteiger partial charge is 0.142 e. The molecule has 0 spiro atoms. The lowest BCUT2D eigenvalue weighted by Crippen LogP contribution is -2.39. The number of aromatic nitrogens is 5. The first-order valence-electron chi connectivity index (χ1n) is 8.99. The van der Waals surface area contributed by atoms with Crippen LogP contribution in [-0.2, 0) is 0 Å². The molecule has 2 aliphatic rings. The highest BCUT2D eigenvalue weighted by atomic mass is 15.2. The van der Waals surface area contributed by atoms with Crippen LogP contribution in [0.15, 0.2) is 30.9 Å². The van der Waals surface area contributed by atoms with Gasteiger partial charge in [-0.2, -0.15) is 0 Å². The van der Waals surface area contributed by atoms with Crippen molar-refractivity contribution >= 4 is 22.7 Å². The van der Waals surface area contributed by atoms with Crippen molar-refractivity contribution in [3.8, 4) is 0 Å². The van der Waals surface area contributed by atoms with Gasteiger partial charge in [0.05, 0.1) is 5.39 Å². The number of aromatic amines is 1. The summed E-state index contributed by atoms with van der Waals surface area (Å²) >= 11 is 0. The normalized spacial score (nSPS) is 18.6. The van der Waals surface area contributed by atoms with Crippen LogP contribution < -0.4 is 10.2 Å². The van der Waals surface area contributed by atoms with E-state index in [9.17, 15) is 0 Å². The fourth-order valence-electron chi connectivity index (χ4n) is 3.55. The summed E-state index contributed by atoms with van der Waals surface area (Å²) in [4.78, 5) is 23.4. The topological polar surface area (TPSA) is 82.6 Å². The molecule has 1 saturated carbocycles. The van der Waals surface area contributed by atoms with Gasteiger partial charge in [-0.25, -0.2) is 19.9 Å². The van der Waals surface area contributed by atoms with Crippen LogP contribution in [0.2, 0.25) is 0 Å². The zero-order chi connectivity index (χ0) is 16.6. The van der Waals surface area contributed by atoms with Gasteiger partial charge in [0, 0.05) is 37.4 Å². The molecule has 0 aromatic carbocycles. The summed E-state index contributed by atoms with van der Waals surface area (Å²) in [5.74, 6) is 3.58. The number of rotatable bonds is 4. The molecule has 3 aromatic rings. The maximum Gasteiger partial charge on any atom is 0.142 e. The van der Waals surface area contributed by atoms with Gasteiger partial charge in [0.2, 0.25) is 0 Å². The minimum atomic E-state index is 0.446. The van der Waals surface area contributed by atoms with Crippen LogP contribution in [0.5, 0.6) is 0 Å². The zero-order valence-electron chi connectivity index (χ0n) is 14.0. The number of fused-ring (bicyclic) bond motifs is 1. The molecule has 128 valence electrons. The summed E-state index contributed by atoms with van der Waals surface area (Å²) in [5, 5.41) is 4.69. The average Bonchev–Trinajstić information content (AvgIpc) is 3.39. The van der Waals surface area contributed by atoms with Gasteiger partial charge < -0.3 is 15.2 Å². The number of piperidine rings is 1. The molecule has 1 aliphatic heterocycles. The van der Waals surface area contributed by atoms with E-state index in [1.165, 1.54) is 12.8 Å². The molecule has 0 amide bonds. The number of hydrogen-bond donors (Lipinski definition) is 2. The highest BCUT2D eigenvalue weighted by Gasteiger charge is 2.27. The van der Waals surface area contributed by atoms with Crippen LogP contribution in [0.4, 0.5) is 11.6 Å². The Kier molecular flexibility index (Phi) is 3.50. The Hall–Kier alpha value is -2.70. The van der Waals surface area contributed by atoms with Crippen LogP contribution in [0.1, 0.15) is 37.4 Å². The van der Waals surface area contributed by atoms with E-state index in [1.807, 2.05) is 18.5 Å². The van der Waals surface area contributed by atoms with E-state index >= 15 is 0 Å². The lowest BCUT2D eigenvalue weighted by atomic mass is 10.0. The molecule has 2 fully saturated rings. The standard InChI is InChI=1S/C18H21N7/c1-2-12(1)16-19-8-4-15(24-16)23-13-5-9-25(10-6-13)18-14-3-7-20-17(14)21-11-22-18/h3-4,7-8,11-13H,1-2,5-6,9-10H2,(H,19,23,24)(H,20,21,22). The van der Waals surface area contributed by atoms with E-state index in [2.05, 4.69) is 41.2 Å². The van der Waals surface area contributed by atoms with Crippen molar-refractivity contribution < 1.29 is 0 Å². The van der Waals surface area contributed by atoms with Gasteiger partial charge in [0.1, 0.15) is 29.4 Å². The van der Waals surface area contributed by atoms with Crippen molar-refractivity contribution in [2.45, 2.75) is 37.6 Å². The summed E-state index contributed by atoms with van der Waals surface area (Å²) in [7, 11) is 0. The first kappa shape index (κ1) is 14.6. The number of hydrogen-bond acceptors (Lipinski definition) is 6. The number of nitrogens with one attached hydrogen (secondary N) is 2. The third-order valence-corrected chi connectivity index (χ3v) is 5.10. The lowest BCUT2D eigenvalue weighted by Gasteiger charge is -2.33. The van der Waals surface area contributed by atoms with Crippen molar-refractivity contribution in [3.63, 3.8) is 0 Å². The van der Waals surface area contributed by atoms with Gasteiger partial charge in [0.25, 0.3) is 0 Å². The highest BCUT2D eigenvalue weighted by Crippen LogP contribution is 2.38. The van der Waals surface area contributed by atoms with Gasteiger partial charge in [0.15, 0.2) is 0 Å². The van der Waals surface area contributed by atoms with Crippen LogP contribution in [-0.4, -0.2) is 44.1 Å². The molecule has 0 bridgehead atoms. The molecule has 25 heavy (non-hydrogen) atoms. The number of nitrogens with zero attached hydrogens (tertiary/aromatic N) is 5. The summed E-state index contributed by atoms with van der Waals surface area (Å²) < 4.78 is 0. The van der Waals surface area contributed by atoms with E-state index in [0.717, 1.165) is 54.4 Å². The molecule has 3 aromatic heterocycles. The summed E-state index contributed by atoms with van der Waals surface area (Å²) in [5.41, 5.74) is 0.902. The van der Waals surface area contributed by atoms with E-state index < -0.39 is 0 Å². The molecule has 4 heterocycles. The Labute approximate surface area is 145 Å². The largest absolute Gasteiger partial charge is 0.367 e. The van der Waals surface area contributed by atoms with Crippen molar-refractivity contribution in [3.05, 3.63) is 36.7 Å². The SMILES string of the molecule is c1cc(NC2CCN(c3ncnc4[nH]ccc34)CC2)nc(C2CC2)n1. The minimum Gasteiger partial charge on any atom is -0.367 e. The molecule has 0 atom stereocenters. The Balaban J connectivity index is 1.25. The second-order valence-electron chi connectivity index (χ2n) is 6.92. The van der Waals surface area contributed by atoms with Crippen molar-refractivity contribution in [1.29, 1.82) is 0 Å². The quantitative estimate of drug-likeness (QED) is 0.763. The number of anilines is 2. The number of H-pyrrole nitrogens is 1. The van der Waals surface area contributed by atoms with Gasteiger partial charge in [-0.05, 0) is 37.8 Å². The average molecular weight is 335 g/mol. The van der Waals surface area contributed by atoms with Crippen molar-refractivity contribution in [2.75, 3.05) is 23.3 Å². The van der Waals surface area contributed by atoms with Crippen LogP contribution in [0.3, 0.4) is 0 Å². The molecule has 5 rings (SSSR count). The van der Waals surface area contributed by atoms with Crippen LogP contribution in [0, 0.1) is 0 Å². The van der Waals surface area contributed by atoms with E-state index in [1.54, 1.807) is 6.33 Å². The predicted molar refractivity (Wildman–Crippen MR) is 96.8 cm³/mol. The van der Waals surface area contributed by atoms with Gasteiger partial charge >= 0.3 is 0 Å². The van der Waals surface area contributed by atoms with E-state index in [4.69, 9.17) is 0 Å². The highest BCUT2D eigenvalue weighted by molar-refractivity contribution is 5.87. The first-order valence-corrected chi connectivity index (χ1v) is 8.99. The zero-order valence-corrected chi connectivity index (χ0v) is 14.0. The van der Waals surface area contributed by atoms with E-state index in [-0.39, 0.29) is 0 Å². The molecule has 1 saturated heterocycles. The molecule has 1 aliphatic carbocycles.